The highest BCUT2D eigenvalue weighted by Gasteiger charge is 2.28. The van der Waals surface area contributed by atoms with Gasteiger partial charge in [-0.2, -0.15) is 0 Å². The van der Waals surface area contributed by atoms with Crippen LogP contribution < -0.4 is 0 Å². The SMILES string of the molecule is C=C(O)c1cc(C)ccc1C(C)(F)F. The van der Waals surface area contributed by atoms with Crippen LogP contribution >= 0.6 is 0 Å². The maximum atomic E-state index is 13.1. The van der Waals surface area contributed by atoms with Crippen molar-refractivity contribution in [1.82, 2.24) is 0 Å². The topological polar surface area (TPSA) is 20.2 Å². The predicted octanol–water partition coefficient (Wildman–Crippen LogP) is 3.64. The van der Waals surface area contributed by atoms with Gasteiger partial charge in [0, 0.05) is 18.1 Å². The lowest BCUT2D eigenvalue weighted by atomic mass is 9.99. The van der Waals surface area contributed by atoms with Crippen molar-refractivity contribution in [1.29, 1.82) is 0 Å². The molecule has 76 valence electrons. The van der Waals surface area contributed by atoms with Gasteiger partial charge in [-0.15, -0.1) is 0 Å². The third-order valence-corrected chi connectivity index (χ3v) is 1.96. The second-order valence-electron chi connectivity index (χ2n) is 3.38. The summed E-state index contributed by atoms with van der Waals surface area (Å²) < 4.78 is 26.1. The molecule has 1 rings (SSSR count). The van der Waals surface area contributed by atoms with Crippen molar-refractivity contribution >= 4 is 5.76 Å². The number of aryl methyl sites for hydroxylation is 1. The van der Waals surface area contributed by atoms with Crippen LogP contribution in [0, 0.1) is 6.92 Å². The van der Waals surface area contributed by atoms with Crippen molar-refractivity contribution in [3.8, 4) is 0 Å². The van der Waals surface area contributed by atoms with E-state index in [2.05, 4.69) is 6.58 Å². The summed E-state index contributed by atoms with van der Waals surface area (Å²) >= 11 is 0. The van der Waals surface area contributed by atoms with Gasteiger partial charge in [0.15, 0.2) is 0 Å². The van der Waals surface area contributed by atoms with E-state index in [0.717, 1.165) is 12.5 Å². The molecule has 1 aromatic rings. The van der Waals surface area contributed by atoms with E-state index in [4.69, 9.17) is 5.11 Å². The van der Waals surface area contributed by atoms with Crippen LogP contribution in [-0.2, 0) is 5.92 Å². The zero-order valence-corrected chi connectivity index (χ0v) is 8.14. The van der Waals surface area contributed by atoms with Crippen molar-refractivity contribution < 1.29 is 13.9 Å². The minimum atomic E-state index is -2.96. The summed E-state index contributed by atoms with van der Waals surface area (Å²) in [6.07, 6.45) is 0. The van der Waals surface area contributed by atoms with Crippen LogP contribution in [0.5, 0.6) is 0 Å². The lowest BCUT2D eigenvalue weighted by molar-refractivity contribution is 0.0169. The first-order valence-corrected chi connectivity index (χ1v) is 4.19. The molecule has 14 heavy (non-hydrogen) atoms. The molecule has 0 amide bonds. The number of hydrogen-bond donors (Lipinski definition) is 1. The molecule has 0 radical (unpaired) electrons. The minimum absolute atomic E-state index is 0.109. The maximum Gasteiger partial charge on any atom is 0.271 e. The van der Waals surface area contributed by atoms with Gasteiger partial charge in [0.05, 0.1) is 0 Å². The largest absolute Gasteiger partial charge is 0.508 e. The minimum Gasteiger partial charge on any atom is -0.508 e. The quantitative estimate of drug-likeness (QED) is 0.719. The van der Waals surface area contributed by atoms with Gasteiger partial charge in [0.25, 0.3) is 5.92 Å². The molecule has 0 saturated carbocycles. The molecule has 0 fully saturated rings. The molecule has 0 aromatic heterocycles. The highest BCUT2D eigenvalue weighted by atomic mass is 19.3. The Hall–Kier alpha value is -1.38. The fourth-order valence-electron chi connectivity index (χ4n) is 1.28. The van der Waals surface area contributed by atoms with Crippen LogP contribution in [0.4, 0.5) is 8.78 Å². The van der Waals surface area contributed by atoms with Crippen molar-refractivity contribution in [3.05, 3.63) is 41.5 Å². The molecular formula is C11H12F2O. The van der Waals surface area contributed by atoms with Crippen LogP contribution in [0.2, 0.25) is 0 Å². The van der Waals surface area contributed by atoms with Crippen LogP contribution in [-0.4, -0.2) is 5.11 Å². The second-order valence-corrected chi connectivity index (χ2v) is 3.38. The van der Waals surface area contributed by atoms with Gasteiger partial charge < -0.3 is 5.11 Å². The third kappa shape index (κ3) is 2.10. The number of hydrogen-bond acceptors (Lipinski definition) is 1. The number of aliphatic hydroxyl groups is 1. The Morgan fingerprint density at radius 3 is 2.43 bits per heavy atom. The van der Waals surface area contributed by atoms with E-state index in [-0.39, 0.29) is 16.9 Å². The molecule has 3 heteroatoms. The molecular weight excluding hydrogens is 186 g/mol. The zero-order valence-electron chi connectivity index (χ0n) is 8.14. The van der Waals surface area contributed by atoms with E-state index in [1.807, 2.05) is 0 Å². The van der Waals surface area contributed by atoms with Crippen LogP contribution in [0.1, 0.15) is 23.6 Å². The summed E-state index contributed by atoms with van der Waals surface area (Å²) in [4.78, 5) is 0. The van der Waals surface area contributed by atoms with E-state index in [1.165, 1.54) is 12.1 Å². The van der Waals surface area contributed by atoms with Crippen LogP contribution in [0.15, 0.2) is 24.8 Å². The Morgan fingerprint density at radius 2 is 2.00 bits per heavy atom. The van der Waals surface area contributed by atoms with Gasteiger partial charge in [-0.3, -0.25) is 0 Å². The van der Waals surface area contributed by atoms with Gasteiger partial charge in [0.1, 0.15) is 5.76 Å². The summed E-state index contributed by atoms with van der Waals surface area (Å²) in [5.41, 5.74) is 0.719. The van der Waals surface area contributed by atoms with Gasteiger partial charge in [-0.25, -0.2) is 8.78 Å². The Bertz CT molecular complexity index is 364. The van der Waals surface area contributed by atoms with Gasteiger partial charge >= 0.3 is 0 Å². The molecule has 0 atom stereocenters. The average Bonchev–Trinajstić information content (AvgIpc) is 2.01. The summed E-state index contributed by atoms with van der Waals surface area (Å²) in [5.74, 6) is -3.29. The number of benzene rings is 1. The van der Waals surface area contributed by atoms with Gasteiger partial charge in [-0.1, -0.05) is 24.3 Å². The highest BCUT2D eigenvalue weighted by Crippen LogP contribution is 2.32. The fraction of sp³-hybridized carbons (Fsp3) is 0.273. The van der Waals surface area contributed by atoms with E-state index < -0.39 is 5.92 Å². The maximum absolute atomic E-state index is 13.1. The second kappa shape index (κ2) is 3.40. The summed E-state index contributed by atoms with van der Waals surface area (Å²) in [5, 5.41) is 9.16. The monoisotopic (exact) mass is 198 g/mol. The molecule has 0 aliphatic carbocycles. The normalized spacial score (nSPS) is 11.4. The van der Waals surface area contributed by atoms with Crippen molar-refractivity contribution in [2.75, 3.05) is 0 Å². The Balaban J connectivity index is 3.37. The van der Waals surface area contributed by atoms with E-state index in [9.17, 15) is 8.78 Å². The van der Waals surface area contributed by atoms with Gasteiger partial charge in [0.2, 0.25) is 0 Å². The van der Waals surface area contributed by atoms with Crippen molar-refractivity contribution in [2.24, 2.45) is 0 Å². The molecule has 1 N–H and O–H groups in total. The summed E-state index contributed by atoms with van der Waals surface area (Å²) in [7, 11) is 0. The molecule has 1 nitrogen and oxygen atoms in total. The van der Waals surface area contributed by atoms with Crippen molar-refractivity contribution in [3.63, 3.8) is 0 Å². The molecule has 0 spiro atoms. The number of alkyl halides is 2. The molecule has 0 aliphatic rings. The molecule has 0 aliphatic heterocycles. The third-order valence-electron chi connectivity index (χ3n) is 1.96. The lowest BCUT2D eigenvalue weighted by Gasteiger charge is -2.15. The standard InChI is InChI=1S/C11H12F2O/c1-7-4-5-10(11(3,12)13)9(6-7)8(2)14/h4-6,14H,2H2,1,3H3. The molecule has 1 aromatic carbocycles. The highest BCUT2D eigenvalue weighted by molar-refractivity contribution is 5.61. The predicted molar refractivity (Wildman–Crippen MR) is 52.4 cm³/mol. The van der Waals surface area contributed by atoms with Crippen LogP contribution in [0.3, 0.4) is 0 Å². The molecule has 0 heterocycles. The van der Waals surface area contributed by atoms with Crippen molar-refractivity contribution in [2.45, 2.75) is 19.8 Å². The summed E-state index contributed by atoms with van der Waals surface area (Å²) in [6, 6.07) is 4.39. The van der Waals surface area contributed by atoms with E-state index in [1.54, 1.807) is 13.0 Å². The number of rotatable bonds is 2. The van der Waals surface area contributed by atoms with E-state index >= 15 is 0 Å². The zero-order chi connectivity index (χ0) is 10.9. The Labute approximate surface area is 81.7 Å². The smallest absolute Gasteiger partial charge is 0.271 e. The molecule has 0 saturated heterocycles. The average molecular weight is 198 g/mol. The van der Waals surface area contributed by atoms with Crippen LogP contribution in [0.25, 0.3) is 5.76 Å². The first kappa shape index (κ1) is 10.7. The number of aliphatic hydroxyl groups excluding tert-OH is 1. The first-order chi connectivity index (χ1) is 6.32. The first-order valence-electron chi connectivity index (χ1n) is 4.19. The lowest BCUT2D eigenvalue weighted by Crippen LogP contribution is -2.10. The Morgan fingerprint density at radius 1 is 1.43 bits per heavy atom. The molecule has 0 unspecified atom stereocenters. The summed E-state index contributed by atoms with van der Waals surface area (Å²) in [6.45, 7) is 5.83. The molecule has 0 bridgehead atoms. The van der Waals surface area contributed by atoms with E-state index in [0.29, 0.717) is 0 Å². The number of halogens is 2. The Kier molecular flexibility index (Phi) is 2.60. The fourth-order valence-corrected chi connectivity index (χ4v) is 1.28. The van der Waals surface area contributed by atoms with Gasteiger partial charge in [-0.05, 0) is 13.0 Å².